The number of rotatable bonds is 5. The van der Waals surface area contributed by atoms with Gasteiger partial charge in [-0.15, -0.1) is 11.3 Å². The molecule has 0 unspecified atom stereocenters. The standard InChI is InChI=1S/C25H25ClN4OS/c1-29-25-21(23(28-29)18-7-9-19(26)10-8-18)15-22(32-25)24(31)27-20-11-13-30(14-12-20)16-17-5-3-2-4-6-17/h2-10,15,20H,11-14,16H2,1H3,(H,27,31). The molecule has 3 heterocycles. The lowest BCUT2D eigenvalue weighted by molar-refractivity contribution is 0.0913. The van der Waals surface area contributed by atoms with E-state index in [4.69, 9.17) is 11.6 Å². The third-order valence-corrected chi connectivity index (χ3v) is 7.48. The smallest absolute Gasteiger partial charge is 0.261 e. The average molecular weight is 465 g/mol. The van der Waals surface area contributed by atoms with Gasteiger partial charge >= 0.3 is 0 Å². The summed E-state index contributed by atoms with van der Waals surface area (Å²) in [5.41, 5.74) is 3.21. The average Bonchev–Trinajstić information content (AvgIpc) is 3.37. The quantitative estimate of drug-likeness (QED) is 0.433. The normalized spacial score (nSPS) is 15.3. The number of nitrogens with one attached hydrogen (secondary N) is 1. The summed E-state index contributed by atoms with van der Waals surface area (Å²) in [5, 5.41) is 9.61. The minimum absolute atomic E-state index is 0.00904. The zero-order chi connectivity index (χ0) is 22.1. The van der Waals surface area contributed by atoms with Gasteiger partial charge in [0.25, 0.3) is 5.91 Å². The first-order valence-corrected chi connectivity index (χ1v) is 12.1. The number of hydrogen-bond donors (Lipinski definition) is 1. The Hall–Kier alpha value is -2.67. The highest BCUT2D eigenvalue weighted by molar-refractivity contribution is 7.20. The number of piperidine rings is 1. The summed E-state index contributed by atoms with van der Waals surface area (Å²) in [7, 11) is 1.92. The number of amides is 1. The predicted molar refractivity (Wildman–Crippen MR) is 131 cm³/mol. The Balaban J connectivity index is 1.25. The van der Waals surface area contributed by atoms with E-state index >= 15 is 0 Å². The van der Waals surface area contributed by atoms with Crippen LogP contribution in [0.15, 0.2) is 60.7 Å². The molecule has 0 atom stereocenters. The van der Waals surface area contributed by atoms with Crippen molar-refractivity contribution in [1.29, 1.82) is 0 Å². The molecule has 0 spiro atoms. The van der Waals surface area contributed by atoms with Gasteiger partial charge in [0.05, 0.1) is 4.88 Å². The van der Waals surface area contributed by atoms with Gasteiger partial charge in [0.15, 0.2) is 0 Å². The van der Waals surface area contributed by atoms with Crippen molar-refractivity contribution in [2.24, 2.45) is 7.05 Å². The van der Waals surface area contributed by atoms with Gasteiger partial charge in [0, 0.05) is 48.7 Å². The molecule has 7 heteroatoms. The molecule has 1 aliphatic rings. The van der Waals surface area contributed by atoms with Crippen LogP contribution in [0.2, 0.25) is 5.02 Å². The summed E-state index contributed by atoms with van der Waals surface area (Å²) in [6.45, 7) is 2.96. The van der Waals surface area contributed by atoms with E-state index in [0.29, 0.717) is 5.02 Å². The largest absolute Gasteiger partial charge is 0.349 e. The number of nitrogens with zero attached hydrogens (tertiary/aromatic N) is 3. The first-order valence-electron chi connectivity index (χ1n) is 10.9. The van der Waals surface area contributed by atoms with Crippen LogP contribution < -0.4 is 5.32 Å². The second-order valence-corrected chi connectivity index (χ2v) is 9.79. The number of carbonyl (C=O) groups excluding carboxylic acids is 1. The van der Waals surface area contributed by atoms with Gasteiger partial charge in [-0.25, -0.2) is 0 Å². The van der Waals surface area contributed by atoms with Gasteiger partial charge in [-0.2, -0.15) is 5.10 Å². The molecule has 5 nitrogen and oxygen atoms in total. The van der Waals surface area contributed by atoms with Crippen LogP contribution in [0.1, 0.15) is 28.1 Å². The van der Waals surface area contributed by atoms with E-state index in [2.05, 4.69) is 39.6 Å². The third-order valence-electron chi connectivity index (χ3n) is 6.02. The number of hydrogen-bond acceptors (Lipinski definition) is 4. The van der Waals surface area contributed by atoms with Crippen LogP contribution >= 0.6 is 22.9 Å². The van der Waals surface area contributed by atoms with Crippen LogP contribution in [-0.4, -0.2) is 39.7 Å². The molecule has 2 aromatic heterocycles. The lowest BCUT2D eigenvalue weighted by atomic mass is 10.0. The Labute approximate surface area is 196 Å². The van der Waals surface area contributed by atoms with Crippen molar-refractivity contribution in [1.82, 2.24) is 20.0 Å². The van der Waals surface area contributed by atoms with Crippen molar-refractivity contribution in [3.63, 3.8) is 0 Å². The SMILES string of the molecule is Cn1nc(-c2ccc(Cl)cc2)c2cc(C(=O)NC3CCN(Cc4ccccc4)CC3)sc21. The fraction of sp³-hybridized carbons (Fsp3) is 0.280. The summed E-state index contributed by atoms with van der Waals surface area (Å²) in [5.74, 6) is 0.00904. The lowest BCUT2D eigenvalue weighted by Gasteiger charge is -2.32. The van der Waals surface area contributed by atoms with Crippen molar-refractivity contribution in [2.75, 3.05) is 13.1 Å². The first-order chi connectivity index (χ1) is 15.6. The van der Waals surface area contributed by atoms with Crippen LogP contribution in [0.3, 0.4) is 0 Å². The van der Waals surface area contributed by atoms with E-state index < -0.39 is 0 Å². The predicted octanol–water partition coefficient (Wildman–Crippen LogP) is 5.35. The van der Waals surface area contributed by atoms with E-state index in [1.807, 2.05) is 48.1 Å². The number of aryl methyl sites for hydroxylation is 1. The highest BCUT2D eigenvalue weighted by atomic mass is 35.5. The molecule has 0 aliphatic carbocycles. The van der Waals surface area contributed by atoms with Gasteiger partial charge < -0.3 is 5.32 Å². The third kappa shape index (κ3) is 4.44. The zero-order valence-corrected chi connectivity index (χ0v) is 19.5. The van der Waals surface area contributed by atoms with E-state index in [0.717, 1.165) is 58.8 Å². The van der Waals surface area contributed by atoms with Crippen molar-refractivity contribution in [2.45, 2.75) is 25.4 Å². The van der Waals surface area contributed by atoms with Crippen LogP contribution in [0.5, 0.6) is 0 Å². The number of aromatic nitrogens is 2. The van der Waals surface area contributed by atoms with Gasteiger partial charge in [-0.3, -0.25) is 14.4 Å². The topological polar surface area (TPSA) is 50.2 Å². The van der Waals surface area contributed by atoms with Gasteiger partial charge in [-0.1, -0.05) is 54.1 Å². The molecule has 0 bridgehead atoms. The Kier molecular flexibility index (Phi) is 6.00. The Morgan fingerprint density at radius 3 is 2.56 bits per heavy atom. The Bertz CT molecular complexity index is 1220. The second kappa shape index (κ2) is 9.06. The number of likely N-dealkylation sites (tertiary alicyclic amines) is 1. The van der Waals surface area contributed by atoms with Crippen LogP contribution in [-0.2, 0) is 13.6 Å². The van der Waals surface area contributed by atoms with Gasteiger partial charge in [-0.05, 0) is 36.6 Å². The highest BCUT2D eigenvalue weighted by Gasteiger charge is 2.23. The number of halogens is 1. The highest BCUT2D eigenvalue weighted by Crippen LogP contribution is 2.34. The van der Waals surface area contributed by atoms with E-state index in [1.165, 1.54) is 16.9 Å². The van der Waals surface area contributed by atoms with E-state index in [1.54, 1.807) is 0 Å². The fourth-order valence-corrected chi connectivity index (χ4v) is 5.41. The number of benzene rings is 2. The zero-order valence-electron chi connectivity index (χ0n) is 17.9. The molecule has 1 N–H and O–H groups in total. The monoisotopic (exact) mass is 464 g/mol. The lowest BCUT2D eigenvalue weighted by Crippen LogP contribution is -2.44. The van der Waals surface area contributed by atoms with Gasteiger partial charge in [0.2, 0.25) is 0 Å². The summed E-state index contributed by atoms with van der Waals surface area (Å²) in [6, 6.07) is 20.4. The molecular formula is C25H25ClN4OS. The van der Waals surface area contributed by atoms with Crippen molar-refractivity contribution in [3.05, 3.63) is 76.1 Å². The maximum absolute atomic E-state index is 13.0. The number of fused-ring (bicyclic) bond motifs is 1. The maximum atomic E-state index is 13.0. The minimum Gasteiger partial charge on any atom is -0.349 e. The van der Waals surface area contributed by atoms with Crippen LogP contribution in [0, 0.1) is 0 Å². The molecule has 164 valence electrons. The van der Waals surface area contributed by atoms with E-state index in [-0.39, 0.29) is 11.9 Å². The molecule has 32 heavy (non-hydrogen) atoms. The Morgan fingerprint density at radius 2 is 1.84 bits per heavy atom. The van der Waals surface area contributed by atoms with Crippen molar-refractivity contribution >= 4 is 39.1 Å². The molecule has 1 aliphatic heterocycles. The molecule has 2 aromatic carbocycles. The molecule has 1 amide bonds. The molecular weight excluding hydrogens is 440 g/mol. The van der Waals surface area contributed by atoms with E-state index in [9.17, 15) is 4.79 Å². The van der Waals surface area contributed by atoms with Crippen molar-refractivity contribution in [3.8, 4) is 11.3 Å². The van der Waals surface area contributed by atoms with Crippen LogP contribution in [0.4, 0.5) is 0 Å². The molecule has 5 rings (SSSR count). The van der Waals surface area contributed by atoms with Crippen molar-refractivity contribution < 1.29 is 4.79 Å². The molecule has 1 fully saturated rings. The summed E-state index contributed by atoms with van der Waals surface area (Å²) >= 11 is 7.52. The Morgan fingerprint density at radius 1 is 1.12 bits per heavy atom. The number of thiophene rings is 1. The van der Waals surface area contributed by atoms with Gasteiger partial charge in [0.1, 0.15) is 10.5 Å². The summed E-state index contributed by atoms with van der Waals surface area (Å²) in [4.78, 5) is 17.2. The maximum Gasteiger partial charge on any atom is 0.261 e. The minimum atomic E-state index is 0.00904. The second-order valence-electron chi connectivity index (χ2n) is 8.32. The summed E-state index contributed by atoms with van der Waals surface area (Å²) < 4.78 is 1.85. The van der Waals surface area contributed by atoms with Crippen LogP contribution in [0.25, 0.3) is 21.5 Å². The first kappa shape index (κ1) is 21.2. The summed E-state index contributed by atoms with van der Waals surface area (Å²) in [6.07, 6.45) is 1.95. The fourth-order valence-electron chi connectivity index (χ4n) is 4.31. The molecule has 0 radical (unpaired) electrons. The molecule has 4 aromatic rings. The molecule has 1 saturated heterocycles. The number of carbonyl (C=O) groups is 1. The molecule has 0 saturated carbocycles.